The fraction of sp³-hybridized carbons (Fsp3) is 0.714. The van der Waals surface area contributed by atoms with Crippen molar-refractivity contribution in [3.63, 3.8) is 0 Å². The van der Waals surface area contributed by atoms with Crippen molar-refractivity contribution in [2.45, 2.75) is 50.0 Å². The van der Waals surface area contributed by atoms with Crippen molar-refractivity contribution in [1.82, 2.24) is 10.3 Å². The number of ether oxygens (including phenoxy) is 1. The van der Waals surface area contributed by atoms with Crippen LogP contribution in [0.5, 0.6) is 0 Å². The molecule has 9 heteroatoms. The average Bonchev–Trinajstić information content (AvgIpc) is 2.88. The Morgan fingerprint density at radius 2 is 2.13 bits per heavy atom. The molecule has 0 bridgehead atoms. The summed E-state index contributed by atoms with van der Waals surface area (Å²) >= 11 is 1.41. The van der Waals surface area contributed by atoms with Crippen LogP contribution in [0.2, 0.25) is 0 Å². The van der Waals surface area contributed by atoms with Crippen LogP contribution in [-0.4, -0.2) is 43.6 Å². The topological polar surface area (TPSA) is 97.4 Å². The zero-order valence-electron chi connectivity index (χ0n) is 13.0. The quantitative estimate of drug-likeness (QED) is 0.856. The summed E-state index contributed by atoms with van der Waals surface area (Å²) in [4.78, 5) is 17.6. The van der Waals surface area contributed by atoms with Crippen LogP contribution in [0.1, 0.15) is 36.3 Å². The molecule has 0 radical (unpaired) electrons. The lowest BCUT2D eigenvalue weighted by Crippen LogP contribution is -2.49. The molecule has 2 atom stereocenters. The third-order valence-corrected chi connectivity index (χ3v) is 6.93. The minimum atomic E-state index is -3.17. The van der Waals surface area contributed by atoms with E-state index in [2.05, 4.69) is 15.6 Å². The van der Waals surface area contributed by atoms with E-state index in [1.165, 1.54) is 17.6 Å². The third kappa shape index (κ3) is 4.02. The number of nitrogens with zero attached hydrogens (tertiary/aromatic N) is 1. The first-order chi connectivity index (χ1) is 10.9. The van der Waals surface area contributed by atoms with E-state index in [-0.39, 0.29) is 6.04 Å². The van der Waals surface area contributed by atoms with Gasteiger partial charge in [0.05, 0.1) is 29.0 Å². The van der Waals surface area contributed by atoms with Crippen molar-refractivity contribution >= 4 is 32.3 Å². The van der Waals surface area contributed by atoms with Crippen molar-refractivity contribution in [1.29, 1.82) is 0 Å². The molecule has 1 aromatic heterocycles. The van der Waals surface area contributed by atoms with Gasteiger partial charge in [-0.1, -0.05) is 24.2 Å². The summed E-state index contributed by atoms with van der Waals surface area (Å²) in [5, 5.41) is 5.57. The molecule has 0 spiro atoms. The second-order valence-corrected chi connectivity index (χ2v) is 9.40. The second kappa shape index (κ2) is 6.74. The van der Waals surface area contributed by atoms with E-state index in [9.17, 15) is 13.2 Å². The number of rotatable bonds is 3. The minimum Gasteiger partial charge on any atom is -0.375 e. The van der Waals surface area contributed by atoms with E-state index in [0.717, 1.165) is 29.8 Å². The molecule has 2 aliphatic rings. The normalized spacial score (nSPS) is 24.7. The summed E-state index contributed by atoms with van der Waals surface area (Å²) in [6.45, 7) is 1.19. The highest BCUT2D eigenvalue weighted by Crippen LogP contribution is 2.27. The van der Waals surface area contributed by atoms with E-state index in [1.54, 1.807) is 0 Å². The molecular weight excluding hydrogens is 338 g/mol. The summed E-state index contributed by atoms with van der Waals surface area (Å²) in [5.74, 6) is 0. The summed E-state index contributed by atoms with van der Waals surface area (Å²) < 4.78 is 29.1. The van der Waals surface area contributed by atoms with Gasteiger partial charge in [0.1, 0.15) is 0 Å². The number of aromatic nitrogens is 1. The molecule has 1 saturated carbocycles. The van der Waals surface area contributed by atoms with Gasteiger partial charge in [0.25, 0.3) is 0 Å². The maximum absolute atomic E-state index is 12.2. The van der Waals surface area contributed by atoms with Gasteiger partial charge in [-0.2, -0.15) is 0 Å². The number of carbonyl (C=O) groups excluding carboxylic acids is 1. The Morgan fingerprint density at radius 1 is 1.35 bits per heavy atom. The first-order valence-corrected chi connectivity index (χ1v) is 10.5. The number of carbonyl (C=O) groups is 1. The average molecular weight is 359 g/mol. The van der Waals surface area contributed by atoms with Crippen LogP contribution < -0.4 is 10.6 Å². The molecule has 1 aromatic rings. The van der Waals surface area contributed by atoms with Crippen LogP contribution >= 0.6 is 11.3 Å². The molecule has 2 N–H and O–H groups in total. The van der Waals surface area contributed by atoms with E-state index in [0.29, 0.717) is 31.2 Å². The van der Waals surface area contributed by atoms with Gasteiger partial charge in [-0.05, 0) is 12.8 Å². The second-order valence-electron chi connectivity index (χ2n) is 6.05. The highest BCUT2D eigenvalue weighted by Gasteiger charge is 2.33. The van der Waals surface area contributed by atoms with E-state index < -0.39 is 21.1 Å². The Balaban J connectivity index is 1.63. The zero-order chi connectivity index (χ0) is 16.4. The van der Waals surface area contributed by atoms with Crippen LogP contribution in [0.3, 0.4) is 0 Å². The number of nitrogens with one attached hydrogen (secondary N) is 2. The molecular formula is C14H21N3O4S2. The number of sulfone groups is 1. The molecule has 23 heavy (non-hydrogen) atoms. The van der Waals surface area contributed by atoms with Crippen molar-refractivity contribution < 1.29 is 17.9 Å². The van der Waals surface area contributed by atoms with E-state index in [1.807, 2.05) is 0 Å². The first-order valence-electron chi connectivity index (χ1n) is 7.76. The van der Waals surface area contributed by atoms with Crippen LogP contribution in [0.15, 0.2) is 0 Å². The number of fused-ring (bicyclic) bond motifs is 1. The Morgan fingerprint density at radius 3 is 2.87 bits per heavy atom. The molecule has 3 rings (SSSR count). The zero-order valence-corrected chi connectivity index (χ0v) is 14.6. The number of hydrogen-bond acceptors (Lipinski definition) is 6. The number of amides is 2. The van der Waals surface area contributed by atoms with Gasteiger partial charge in [0.15, 0.2) is 15.0 Å². The lowest BCUT2D eigenvalue weighted by molar-refractivity contribution is 0.112. The fourth-order valence-electron chi connectivity index (χ4n) is 3.15. The highest BCUT2D eigenvalue weighted by atomic mass is 32.2. The molecule has 7 nitrogen and oxygen atoms in total. The Bertz CT molecular complexity index is 663. The molecule has 1 aliphatic carbocycles. The smallest absolute Gasteiger partial charge is 0.321 e. The largest absolute Gasteiger partial charge is 0.375 e. The van der Waals surface area contributed by atoms with Gasteiger partial charge >= 0.3 is 6.03 Å². The number of anilines is 1. The molecule has 2 amide bonds. The van der Waals surface area contributed by atoms with Gasteiger partial charge in [0.2, 0.25) is 0 Å². The van der Waals surface area contributed by atoms with Crippen LogP contribution in [0.4, 0.5) is 9.93 Å². The lowest BCUT2D eigenvalue weighted by atomic mass is 9.95. The van der Waals surface area contributed by atoms with Gasteiger partial charge < -0.3 is 10.1 Å². The number of thiazole rings is 1. The molecule has 2 heterocycles. The van der Waals surface area contributed by atoms with E-state index in [4.69, 9.17) is 4.74 Å². The molecule has 1 aliphatic heterocycles. The lowest BCUT2D eigenvalue weighted by Gasteiger charge is -2.30. The molecule has 0 unspecified atom stereocenters. The minimum absolute atomic E-state index is 0.336. The van der Waals surface area contributed by atoms with Crippen molar-refractivity contribution in [3.8, 4) is 0 Å². The summed E-state index contributed by atoms with van der Waals surface area (Å²) in [6.07, 6.45) is 5.11. The number of hydrogen-bond donors (Lipinski definition) is 2. The van der Waals surface area contributed by atoms with Gasteiger partial charge in [0, 0.05) is 18.7 Å². The van der Waals surface area contributed by atoms with E-state index >= 15 is 0 Å². The van der Waals surface area contributed by atoms with Crippen molar-refractivity contribution in [3.05, 3.63) is 10.6 Å². The summed E-state index contributed by atoms with van der Waals surface area (Å²) in [5.41, 5.74) is 0.975. The fourth-order valence-corrected chi connectivity index (χ4v) is 5.49. The maximum atomic E-state index is 12.2. The molecule has 1 fully saturated rings. The molecule has 0 aromatic carbocycles. The summed E-state index contributed by atoms with van der Waals surface area (Å²) in [6, 6.07) is -0.728. The number of urea groups is 1. The Labute approximate surface area is 139 Å². The van der Waals surface area contributed by atoms with Gasteiger partial charge in [-0.25, -0.2) is 18.2 Å². The van der Waals surface area contributed by atoms with Crippen LogP contribution in [0, 0.1) is 0 Å². The standard InChI is InChI=1S/C14H21N3O4S2/c1-23(19,20)12-5-3-2-4-10(12)15-13(18)17-14-16-9-6-7-21-8-11(9)22-14/h10,12H,2-8H2,1H3,(H2,15,16,17,18)/t10-,12-/m1/s1. The van der Waals surface area contributed by atoms with Crippen LogP contribution in [0.25, 0.3) is 0 Å². The third-order valence-electron chi connectivity index (χ3n) is 4.28. The SMILES string of the molecule is CS(=O)(=O)[C@@H]1CCCC[C@H]1NC(=O)Nc1nc2c(s1)COCC2. The van der Waals surface area contributed by atoms with Crippen LogP contribution in [-0.2, 0) is 27.6 Å². The van der Waals surface area contributed by atoms with Gasteiger partial charge in [-0.15, -0.1) is 0 Å². The highest BCUT2D eigenvalue weighted by molar-refractivity contribution is 7.91. The predicted molar refractivity (Wildman–Crippen MR) is 88.5 cm³/mol. The Kier molecular flexibility index (Phi) is 4.88. The Hall–Kier alpha value is -1.19. The predicted octanol–water partition coefficient (Wildman–Crippen LogP) is 1.69. The van der Waals surface area contributed by atoms with Crippen molar-refractivity contribution in [2.24, 2.45) is 0 Å². The summed E-state index contributed by atoms with van der Waals surface area (Å²) in [7, 11) is -3.17. The maximum Gasteiger partial charge on any atom is 0.321 e. The van der Waals surface area contributed by atoms with Crippen molar-refractivity contribution in [2.75, 3.05) is 18.2 Å². The monoisotopic (exact) mass is 359 g/mol. The van der Waals surface area contributed by atoms with Gasteiger partial charge in [-0.3, -0.25) is 5.32 Å². The molecule has 0 saturated heterocycles. The molecule has 128 valence electrons. The first kappa shape index (κ1) is 16.7.